The van der Waals surface area contributed by atoms with E-state index in [1.165, 1.54) is 0 Å². The predicted octanol–water partition coefficient (Wildman–Crippen LogP) is 1.88. The monoisotopic (exact) mass is 303 g/mol. The van der Waals surface area contributed by atoms with Crippen LogP contribution in [0.1, 0.15) is 32.4 Å². The molecule has 0 radical (unpaired) electrons. The van der Waals surface area contributed by atoms with Crippen molar-refractivity contribution in [2.24, 2.45) is 0 Å². The van der Waals surface area contributed by atoms with Gasteiger partial charge in [-0.05, 0) is 38.5 Å². The summed E-state index contributed by atoms with van der Waals surface area (Å²) in [5.41, 5.74) is -0.815. The second-order valence-corrected chi connectivity index (χ2v) is 5.60. The molecule has 3 N–H and O–H groups in total. The Morgan fingerprint density at radius 1 is 1.24 bits per heavy atom. The van der Waals surface area contributed by atoms with Crippen molar-refractivity contribution in [1.82, 2.24) is 5.32 Å². The van der Waals surface area contributed by atoms with Crippen LogP contribution in [-0.4, -0.2) is 34.6 Å². The molecule has 1 amide bonds. The van der Waals surface area contributed by atoms with E-state index in [9.17, 15) is 23.8 Å². The molecule has 0 bridgehead atoms. The number of amides is 1. The Morgan fingerprint density at radius 2 is 1.76 bits per heavy atom. The Hall–Kier alpha value is -1.73. The lowest BCUT2D eigenvalue weighted by Crippen LogP contribution is -2.38. The van der Waals surface area contributed by atoms with Gasteiger partial charge in [0, 0.05) is 12.6 Å². The highest BCUT2D eigenvalue weighted by molar-refractivity contribution is 5.67. The molecule has 0 aliphatic carbocycles. The lowest BCUT2D eigenvalue weighted by Gasteiger charge is -2.22. The topological polar surface area (TPSA) is 78.8 Å². The van der Waals surface area contributed by atoms with Crippen LogP contribution in [0.5, 0.6) is 0 Å². The highest BCUT2D eigenvalue weighted by Gasteiger charge is 2.22. The van der Waals surface area contributed by atoms with Gasteiger partial charge in [0.05, 0.1) is 0 Å². The number of hydrogen-bond acceptors (Lipinski definition) is 4. The van der Waals surface area contributed by atoms with Gasteiger partial charge < -0.3 is 20.3 Å². The Kier molecular flexibility index (Phi) is 5.62. The van der Waals surface area contributed by atoms with Crippen molar-refractivity contribution in [3.8, 4) is 0 Å². The zero-order valence-corrected chi connectivity index (χ0v) is 12.1. The van der Waals surface area contributed by atoms with Crippen LogP contribution in [0.3, 0.4) is 0 Å². The molecule has 0 heterocycles. The van der Waals surface area contributed by atoms with Crippen LogP contribution in [0.15, 0.2) is 18.2 Å². The molecular formula is C14H19F2NO4. The molecule has 0 aliphatic heterocycles. The van der Waals surface area contributed by atoms with E-state index in [1.54, 1.807) is 20.8 Å². The van der Waals surface area contributed by atoms with Crippen LogP contribution in [0.2, 0.25) is 0 Å². The maximum Gasteiger partial charge on any atom is 0.407 e. The molecule has 2 unspecified atom stereocenters. The van der Waals surface area contributed by atoms with Gasteiger partial charge in [0.1, 0.15) is 29.4 Å². The number of benzene rings is 1. The molecule has 21 heavy (non-hydrogen) atoms. The van der Waals surface area contributed by atoms with Gasteiger partial charge in [0.2, 0.25) is 0 Å². The third kappa shape index (κ3) is 6.05. The molecule has 0 aromatic heterocycles. The number of aliphatic hydroxyl groups is 2. The van der Waals surface area contributed by atoms with Crippen LogP contribution in [0, 0.1) is 11.6 Å². The summed E-state index contributed by atoms with van der Waals surface area (Å²) in [7, 11) is 0. The minimum Gasteiger partial charge on any atom is -0.444 e. The standard InChI is InChI=1S/C14H19F2NO4/c1-14(2,3)21-13(20)17-7-11(18)12(19)8-4-9(15)6-10(16)5-8/h4-6,11-12,18-19H,7H2,1-3H3,(H,17,20). The lowest BCUT2D eigenvalue weighted by atomic mass is 10.0. The van der Waals surface area contributed by atoms with Crippen molar-refractivity contribution < 1.29 is 28.5 Å². The summed E-state index contributed by atoms with van der Waals surface area (Å²) in [6.07, 6.45) is -3.73. The Labute approximate surface area is 121 Å². The third-order valence-corrected chi connectivity index (χ3v) is 2.45. The van der Waals surface area contributed by atoms with E-state index in [2.05, 4.69) is 5.32 Å². The molecular weight excluding hydrogens is 284 g/mol. The van der Waals surface area contributed by atoms with Gasteiger partial charge in [-0.15, -0.1) is 0 Å². The van der Waals surface area contributed by atoms with Gasteiger partial charge in [0.15, 0.2) is 0 Å². The van der Waals surface area contributed by atoms with Crippen molar-refractivity contribution in [3.63, 3.8) is 0 Å². The molecule has 2 atom stereocenters. The average molecular weight is 303 g/mol. The van der Waals surface area contributed by atoms with Crippen LogP contribution in [0.4, 0.5) is 13.6 Å². The van der Waals surface area contributed by atoms with Crippen LogP contribution >= 0.6 is 0 Å². The number of aliphatic hydroxyl groups excluding tert-OH is 2. The van der Waals surface area contributed by atoms with Crippen molar-refractivity contribution in [2.45, 2.75) is 38.6 Å². The number of carbonyl (C=O) groups is 1. The first-order valence-electron chi connectivity index (χ1n) is 6.37. The van der Waals surface area contributed by atoms with Gasteiger partial charge in [-0.25, -0.2) is 13.6 Å². The predicted molar refractivity (Wildman–Crippen MR) is 71.6 cm³/mol. The molecule has 0 fully saturated rings. The van der Waals surface area contributed by atoms with Crippen LogP contribution < -0.4 is 5.32 Å². The first-order valence-corrected chi connectivity index (χ1v) is 6.37. The Balaban J connectivity index is 2.58. The van der Waals surface area contributed by atoms with E-state index in [1.807, 2.05) is 0 Å². The molecule has 0 saturated carbocycles. The fourth-order valence-electron chi connectivity index (χ4n) is 1.58. The number of halogens is 2. The lowest BCUT2D eigenvalue weighted by molar-refractivity contribution is 0.0126. The minimum atomic E-state index is -1.54. The van der Waals surface area contributed by atoms with E-state index in [0.29, 0.717) is 6.07 Å². The smallest absolute Gasteiger partial charge is 0.407 e. The summed E-state index contributed by atoms with van der Waals surface area (Å²) in [5.74, 6) is -1.73. The highest BCUT2D eigenvalue weighted by atomic mass is 19.1. The second-order valence-electron chi connectivity index (χ2n) is 5.60. The van der Waals surface area contributed by atoms with Crippen molar-refractivity contribution in [1.29, 1.82) is 0 Å². The first-order chi connectivity index (χ1) is 9.58. The van der Waals surface area contributed by atoms with Crippen LogP contribution in [0.25, 0.3) is 0 Å². The maximum atomic E-state index is 13.0. The zero-order chi connectivity index (χ0) is 16.2. The number of rotatable bonds is 4. The molecule has 118 valence electrons. The molecule has 7 heteroatoms. The van der Waals surface area contributed by atoms with Crippen LogP contribution in [-0.2, 0) is 4.74 Å². The van der Waals surface area contributed by atoms with Crippen molar-refractivity contribution in [3.05, 3.63) is 35.4 Å². The quantitative estimate of drug-likeness (QED) is 0.793. The Morgan fingerprint density at radius 3 is 2.24 bits per heavy atom. The number of ether oxygens (including phenoxy) is 1. The molecule has 0 saturated heterocycles. The summed E-state index contributed by atoms with van der Waals surface area (Å²) < 4.78 is 31.0. The van der Waals surface area contributed by atoms with E-state index in [4.69, 9.17) is 4.74 Å². The van der Waals surface area contributed by atoms with Gasteiger partial charge in [-0.3, -0.25) is 0 Å². The normalized spacial score (nSPS) is 14.4. The first kappa shape index (κ1) is 17.3. The summed E-state index contributed by atoms with van der Waals surface area (Å²) in [6, 6.07) is 2.47. The van der Waals surface area contributed by atoms with E-state index in [0.717, 1.165) is 12.1 Å². The molecule has 1 rings (SSSR count). The second kappa shape index (κ2) is 6.82. The summed E-state index contributed by atoms with van der Waals surface area (Å²) in [4.78, 5) is 11.4. The van der Waals surface area contributed by atoms with Crippen molar-refractivity contribution >= 4 is 6.09 Å². The van der Waals surface area contributed by atoms with E-state index >= 15 is 0 Å². The zero-order valence-electron chi connectivity index (χ0n) is 12.1. The maximum absolute atomic E-state index is 13.0. The van der Waals surface area contributed by atoms with Gasteiger partial charge in [-0.2, -0.15) is 0 Å². The molecule has 0 spiro atoms. The SMILES string of the molecule is CC(C)(C)OC(=O)NCC(O)C(O)c1cc(F)cc(F)c1. The number of carbonyl (C=O) groups excluding carboxylic acids is 1. The summed E-state index contributed by atoms with van der Waals surface area (Å²) in [5, 5.41) is 21.8. The largest absolute Gasteiger partial charge is 0.444 e. The van der Waals surface area contributed by atoms with E-state index in [-0.39, 0.29) is 12.1 Å². The number of alkyl carbamates (subject to hydrolysis) is 1. The molecule has 5 nitrogen and oxygen atoms in total. The van der Waals surface area contributed by atoms with Gasteiger partial charge in [-0.1, -0.05) is 0 Å². The molecule has 1 aromatic rings. The minimum absolute atomic E-state index is 0.119. The van der Waals surface area contributed by atoms with Gasteiger partial charge >= 0.3 is 6.09 Å². The Bertz CT molecular complexity index is 482. The van der Waals surface area contributed by atoms with Gasteiger partial charge in [0.25, 0.3) is 0 Å². The number of nitrogens with one attached hydrogen (secondary N) is 1. The molecule has 1 aromatic carbocycles. The van der Waals surface area contributed by atoms with Crippen molar-refractivity contribution in [2.75, 3.05) is 6.54 Å². The third-order valence-electron chi connectivity index (χ3n) is 2.45. The molecule has 0 aliphatic rings. The highest BCUT2D eigenvalue weighted by Crippen LogP contribution is 2.19. The summed E-state index contributed by atoms with van der Waals surface area (Å²) >= 11 is 0. The fourth-order valence-corrected chi connectivity index (χ4v) is 1.58. The fraction of sp³-hybridized carbons (Fsp3) is 0.500. The number of hydrogen-bond donors (Lipinski definition) is 3. The summed E-state index contributed by atoms with van der Waals surface area (Å²) in [6.45, 7) is 4.70. The average Bonchev–Trinajstić information content (AvgIpc) is 2.31. The van der Waals surface area contributed by atoms with E-state index < -0.39 is 35.5 Å².